The lowest BCUT2D eigenvalue weighted by Crippen LogP contribution is -2.12. The minimum Gasteiger partial charge on any atom is -0.505 e. The molecule has 1 aromatic heterocycles. The molecule has 1 heterocycles. The van der Waals surface area contributed by atoms with E-state index in [4.69, 9.17) is 5.73 Å². The van der Waals surface area contributed by atoms with Gasteiger partial charge in [0.25, 0.3) is 6.43 Å². The topological polar surface area (TPSA) is 85.4 Å². The first kappa shape index (κ1) is 13.3. The first-order valence-corrected chi connectivity index (χ1v) is 4.89. The van der Waals surface area contributed by atoms with Crippen LogP contribution in [0.2, 0.25) is 0 Å². The van der Waals surface area contributed by atoms with Crippen molar-refractivity contribution in [3.63, 3.8) is 0 Å². The number of nitrogens with zero attached hydrogens (tertiary/aromatic N) is 1. The van der Waals surface area contributed by atoms with Crippen LogP contribution in [0.3, 0.4) is 0 Å². The fourth-order valence-corrected chi connectivity index (χ4v) is 1.29. The molecule has 1 aromatic rings. The highest BCUT2D eigenvalue weighted by atomic mass is 19.3. The Hall–Kier alpha value is -1.76. The number of carbonyl (C=O) groups is 1. The van der Waals surface area contributed by atoms with E-state index in [1.807, 2.05) is 0 Å². The van der Waals surface area contributed by atoms with Crippen LogP contribution in [0.1, 0.15) is 35.0 Å². The second-order valence-electron chi connectivity index (χ2n) is 3.11. The van der Waals surface area contributed by atoms with Gasteiger partial charge in [0.2, 0.25) is 0 Å². The van der Waals surface area contributed by atoms with E-state index in [-0.39, 0.29) is 18.8 Å². The van der Waals surface area contributed by atoms with E-state index in [1.165, 1.54) is 6.92 Å². The molecule has 0 atom stereocenters. The van der Waals surface area contributed by atoms with Gasteiger partial charge < -0.3 is 15.6 Å². The molecule has 0 fully saturated rings. The van der Waals surface area contributed by atoms with Gasteiger partial charge in [-0.15, -0.1) is 0 Å². The predicted octanol–water partition coefficient (Wildman–Crippen LogP) is 1.36. The summed E-state index contributed by atoms with van der Waals surface area (Å²) in [6.07, 6.45) is -2.11. The standard InChI is InChI=1S/C10H12F2N2O3/c1-2-17-10(16)7-5(9(11)12)4-14-6(3-13)8(7)15/h4,9,15H,2-3,13H2,1H3. The first-order chi connectivity index (χ1) is 8.02. The predicted molar refractivity (Wildman–Crippen MR) is 54.7 cm³/mol. The van der Waals surface area contributed by atoms with Crippen molar-refractivity contribution in [2.75, 3.05) is 6.61 Å². The van der Waals surface area contributed by atoms with Crippen molar-refractivity contribution in [3.8, 4) is 5.75 Å². The number of hydrogen-bond donors (Lipinski definition) is 2. The highest BCUT2D eigenvalue weighted by Gasteiger charge is 2.25. The van der Waals surface area contributed by atoms with Gasteiger partial charge in [-0.25, -0.2) is 13.6 Å². The van der Waals surface area contributed by atoms with Crippen LogP contribution in [0.4, 0.5) is 8.78 Å². The van der Waals surface area contributed by atoms with Crippen LogP contribution in [-0.4, -0.2) is 22.7 Å². The SMILES string of the molecule is CCOC(=O)c1c(C(F)F)cnc(CN)c1O. The van der Waals surface area contributed by atoms with E-state index in [9.17, 15) is 18.7 Å². The lowest BCUT2D eigenvalue weighted by molar-refractivity contribution is 0.0511. The molecule has 0 radical (unpaired) electrons. The summed E-state index contributed by atoms with van der Waals surface area (Å²) >= 11 is 0. The minimum atomic E-state index is -2.93. The summed E-state index contributed by atoms with van der Waals surface area (Å²) in [7, 11) is 0. The highest BCUT2D eigenvalue weighted by Crippen LogP contribution is 2.31. The lowest BCUT2D eigenvalue weighted by Gasteiger charge is -2.11. The van der Waals surface area contributed by atoms with Crippen LogP contribution in [0, 0.1) is 0 Å². The number of halogens is 2. The van der Waals surface area contributed by atoms with Gasteiger partial charge >= 0.3 is 5.97 Å². The zero-order valence-corrected chi connectivity index (χ0v) is 9.11. The maximum absolute atomic E-state index is 12.7. The van der Waals surface area contributed by atoms with Crippen molar-refractivity contribution in [1.82, 2.24) is 4.98 Å². The van der Waals surface area contributed by atoms with Crippen molar-refractivity contribution in [2.24, 2.45) is 5.73 Å². The van der Waals surface area contributed by atoms with E-state index < -0.39 is 29.3 Å². The van der Waals surface area contributed by atoms with Gasteiger partial charge in [-0.2, -0.15) is 0 Å². The van der Waals surface area contributed by atoms with Crippen molar-refractivity contribution >= 4 is 5.97 Å². The molecule has 17 heavy (non-hydrogen) atoms. The second-order valence-corrected chi connectivity index (χ2v) is 3.11. The van der Waals surface area contributed by atoms with Crippen LogP contribution < -0.4 is 5.73 Å². The first-order valence-electron chi connectivity index (χ1n) is 4.89. The summed E-state index contributed by atoms with van der Waals surface area (Å²) in [5.74, 6) is -1.67. The van der Waals surface area contributed by atoms with E-state index in [2.05, 4.69) is 9.72 Å². The molecule has 0 unspecified atom stereocenters. The van der Waals surface area contributed by atoms with Crippen LogP contribution in [0.15, 0.2) is 6.20 Å². The third-order valence-electron chi connectivity index (χ3n) is 2.07. The van der Waals surface area contributed by atoms with Crippen molar-refractivity contribution in [1.29, 1.82) is 0 Å². The quantitative estimate of drug-likeness (QED) is 0.783. The van der Waals surface area contributed by atoms with Gasteiger partial charge in [0.1, 0.15) is 5.56 Å². The molecule has 0 amide bonds. The molecular formula is C10H12F2N2O3. The number of alkyl halides is 2. The smallest absolute Gasteiger partial charge is 0.342 e. The number of pyridine rings is 1. The number of aromatic hydroxyl groups is 1. The monoisotopic (exact) mass is 246 g/mol. The van der Waals surface area contributed by atoms with Gasteiger partial charge in [-0.1, -0.05) is 0 Å². The summed E-state index contributed by atoms with van der Waals surface area (Å²) in [5.41, 5.74) is 3.99. The van der Waals surface area contributed by atoms with Gasteiger partial charge in [0.05, 0.1) is 17.9 Å². The molecule has 0 aliphatic carbocycles. The number of esters is 1. The Morgan fingerprint density at radius 3 is 2.76 bits per heavy atom. The molecule has 0 saturated carbocycles. The number of rotatable bonds is 4. The molecule has 94 valence electrons. The number of carbonyl (C=O) groups excluding carboxylic acids is 1. The molecule has 0 aliphatic heterocycles. The van der Waals surface area contributed by atoms with Crippen molar-refractivity contribution in [3.05, 3.63) is 23.0 Å². The summed E-state index contributed by atoms with van der Waals surface area (Å²) in [4.78, 5) is 15.0. The molecule has 1 rings (SSSR count). The number of nitrogens with two attached hydrogens (primary N) is 1. The lowest BCUT2D eigenvalue weighted by atomic mass is 10.1. The van der Waals surface area contributed by atoms with Gasteiger partial charge in [0, 0.05) is 12.7 Å². The molecule has 5 nitrogen and oxygen atoms in total. The molecule has 0 bridgehead atoms. The maximum Gasteiger partial charge on any atom is 0.342 e. The van der Waals surface area contributed by atoms with Gasteiger partial charge in [0.15, 0.2) is 5.75 Å². The largest absolute Gasteiger partial charge is 0.505 e. The number of aromatic nitrogens is 1. The zero-order valence-electron chi connectivity index (χ0n) is 9.11. The minimum absolute atomic E-state index is 0.0151. The van der Waals surface area contributed by atoms with E-state index in [0.29, 0.717) is 0 Å². The summed E-state index contributed by atoms with van der Waals surface area (Å²) in [5, 5.41) is 9.64. The summed E-state index contributed by atoms with van der Waals surface area (Å²) in [6, 6.07) is 0. The van der Waals surface area contributed by atoms with Crippen molar-refractivity contribution < 1.29 is 23.4 Å². The van der Waals surface area contributed by atoms with Crippen LogP contribution in [0.5, 0.6) is 5.75 Å². The Kier molecular flexibility index (Phi) is 4.33. The molecule has 7 heteroatoms. The maximum atomic E-state index is 12.7. The van der Waals surface area contributed by atoms with Gasteiger partial charge in [-0.3, -0.25) is 4.98 Å². The fraction of sp³-hybridized carbons (Fsp3) is 0.400. The molecular weight excluding hydrogens is 234 g/mol. The molecule has 3 N–H and O–H groups in total. The molecule has 0 spiro atoms. The Bertz CT molecular complexity index is 424. The third-order valence-corrected chi connectivity index (χ3v) is 2.07. The van der Waals surface area contributed by atoms with Crippen molar-refractivity contribution in [2.45, 2.75) is 19.9 Å². The summed E-state index contributed by atoms with van der Waals surface area (Å²) in [6.45, 7) is 1.38. The average molecular weight is 246 g/mol. The molecule has 0 aromatic carbocycles. The Balaban J connectivity index is 3.34. The molecule has 0 aliphatic rings. The van der Waals surface area contributed by atoms with E-state index in [1.54, 1.807) is 0 Å². The Morgan fingerprint density at radius 2 is 2.29 bits per heavy atom. The fourth-order valence-electron chi connectivity index (χ4n) is 1.29. The zero-order chi connectivity index (χ0) is 13.0. The second kappa shape index (κ2) is 5.53. The van der Waals surface area contributed by atoms with Gasteiger partial charge in [-0.05, 0) is 6.92 Å². The highest BCUT2D eigenvalue weighted by molar-refractivity contribution is 5.94. The van der Waals surface area contributed by atoms with Crippen LogP contribution in [0.25, 0.3) is 0 Å². The Labute approximate surface area is 96.2 Å². The Morgan fingerprint density at radius 1 is 1.65 bits per heavy atom. The number of hydrogen-bond acceptors (Lipinski definition) is 5. The average Bonchev–Trinajstić information content (AvgIpc) is 2.28. The van der Waals surface area contributed by atoms with Crippen LogP contribution >= 0.6 is 0 Å². The van der Waals surface area contributed by atoms with E-state index in [0.717, 1.165) is 6.20 Å². The summed E-state index contributed by atoms with van der Waals surface area (Å²) < 4.78 is 29.9. The normalized spacial score (nSPS) is 10.6. The van der Waals surface area contributed by atoms with E-state index >= 15 is 0 Å². The van der Waals surface area contributed by atoms with Crippen LogP contribution in [-0.2, 0) is 11.3 Å². The molecule has 0 saturated heterocycles. The third kappa shape index (κ3) is 2.68. The number of ether oxygens (including phenoxy) is 1.